The van der Waals surface area contributed by atoms with Crippen LogP contribution in [0.25, 0.3) is 86.0 Å². The lowest BCUT2D eigenvalue weighted by atomic mass is 9.95. The molecule has 3 aromatic heterocycles. The van der Waals surface area contributed by atoms with E-state index in [9.17, 15) is 0 Å². The Bertz CT molecular complexity index is 2490. The second-order valence-electron chi connectivity index (χ2n) is 10.6. The van der Waals surface area contributed by atoms with E-state index in [0.29, 0.717) is 0 Å². The van der Waals surface area contributed by atoms with E-state index in [2.05, 4.69) is 133 Å². The summed E-state index contributed by atoms with van der Waals surface area (Å²) >= 11 is 1.85. The predicted molar refractivity (Wildman–Crippen MR) is 176 cm³/mol. The molecule has 9 rings (SSSR count). The fourth-order valence-electron chi connectivity index (χ4n) is 6.26. The molecule has 6 aromatic carbocycles. The van der Waals surface area contributed by atoms with Crippen LogP contribution in [-0.2, 0) is 0 Å². The quantitative estimate of drug-likeness (QED) is 0.205. The van der Waals surface area contributed by atoms with E-state index >= 15 is 0 Å². The van der Waals surface area contributed by atoms with Gasteiger partial charge in [-0.1, -0.05) is 97.1 Å². The van der Waals surface area contributed by atoms with Crippen LogP contribution in [0.3, 0.4) is 0 Å². The van der Waals surface area contributed by atoms with Gasteiger partial charge in [0.1, 0.15) is 0 Å². The molecule has 0 amide bonds. The molecule has 3 heterocycles. The summed E-state index contributed by atoms with van der Waals surface area (Å²) in [6.45, 7) is 0. The molecule has 2 nitrogen and oxygen atoms in total. The van der Waals surface area contributed by atoms with Crippen molar-refractivity contribution in [3.63, 3.8) is 0 Å². The minimum Gasteiger partial charge on any atom is -0.246 e. The summed E-state index contributed by atoms with van der Waals surface area (Å²) < 4.78 is 2.60. The van der Waals surface area contributed by atoms with Gasteiger partial charge in [-0.3, -0.25) is 0 Å². The molecule has 0 fully saturated rings. The first-order valence-corrected chi connectivity index (χ1v) is 14.6. The minimum atomic E-state index is 0.889. The van der Waals surface area contributed by atoms with Crippen molar-refractivity contribution in [2.24, 2.45) is 0 Å². The standard InChI is InChI=1S/C38H22N2S/c1-2-10-24-19-25(18-17-23(24)9-1)30-20-35(39-33-15-7-5-12-27(30)33)38-29-14-4-3-11-26(29)31-22-37-32(21-34(31)40-38)28-13-6-8-16-36(28)41-37/h1-22H. The lowest BCUT2D eigenvalue weighted by molar-refractivity contribution is 1.34. The Balaban J connectivity index is 1.36. The number of pyridine rings is 2. The van der Waals surface area contributed by atoms with Crippen molar-refractivity contribution in [1.82, 2.24) is 9.97 Å². The van der Waals surface area contributed by atoms with Gasteiger partial charge in [0.2, 0.25) is 0 Å². The Labute approximate surface area is 240 Å². The lowest BCUT2D eigenvalue weighted by Gasteiger charge is -2.14. The van der Waals surface area contributed by atoms with Crippen molar-refractivity contribution in [1.29, 1.82) is 0 Å². The first-order valence-electron chi connectivity index (χ1n) is 13.8. The fraction of sp³-hybridized carbons (Fsp3) is 0. The average Bonchev–Trinajstić information content (AvgIpc) is 3.40. The molecule has 0 bridgehead atoms. The highest BCUT2D eigenvalue weighted by molar-refractivity contribution is 7.25. The Morgan fingerprint density at radius 2 is 1.15 bits per heavy atom. The van der Waals surface area contributed by atoms with E-state index in [4.69, 9.17) is 9.97 Å². The molecule has 41 heavy (non-hydrogen) atoms. The Hall–Kier alpha value is -5.12. The summed E-state index contributed by atoms with van der Waals surface area (Å²) in [7, 11) is 0. The summed E-state index contributed by atoms with van der Waals surface area (Å²) in [5.41, 5.74) is 6.12. The van der Waals surface area contributed by atoms with Crippen molar-refractivity contribution < 1.29 is 0 Å². The summed E-state index contributed by atoms with van der Waals surface area (Å²) in [5.74, 6) is 0. The highest BCUT2D eigenvalue weighted by atomic mass is 32.1. The van der Waals surface area contributed by atoms with Gasteiger partial charge in [-0.2, -0.15) is 0 Å². The summed E-state index contributed by atoms with van der Waals surface area (Å²) in [6.07, 6.45) is 0. The highest BCUT2D eigenvalue weighted by Crippen LogP contribution is 2.40. The molecule has 0 unspecified atom stereocenters. The van der Waals surface area contributed by atoms with Gasteiger partial charge in [0.05, 0.1) is 22.4 Å². The van der Waals surface area contributed by atoms with Crippen molar-refractivity contribution >= 4 is 74.9 Å². The number of thiophene rings is 1. The molecule has 0 N–H and O–H groups in total. The molecule has 0 aliphatic carbocycles. The van der Waals surface area contributed by atoms with E-state index in [0.717, 1.165) is 33.2 Å². The van der Waals surface area contributed by atoms with Gasteiger partial charge in [-0.25, -0.2) is 9.97 Å². The van der Waals surface area contributed by atoms with Gasteiger partial charge in [0, 0.05) is 36.3 Å². The monoisotopic (exact) mass is 538 g/mol. The number of fused-ring (bicyclic) bond motifs is 8. The maximum atomic E-state index is 5.34. The van der Waals surface area contributed by atoms with Gasteiger partial charge in [-0.15, -0.1) is 11.3 Å². The molecule has 0 saturated heterocycles. The predicted octanol–water partition coefficient (Wildman–Crippen LogP) is 10.8. The van der Waals surface area contributed by atoms with Crippen LogP contribution in [0.1, 0.15) is 0 Å². The summed E-state index contributed by atoms with van der Waals surface area (Å²) in [6, 6.07) is 47.7. The van der Waals surface area contributed by atoms with E-state index in [1.54, 1.807) is 0 Å². The van der Waals surface area contributed by atoms with Gasteiger partial charge in [-0.05, 0) is 63.7 Å². The van der Waals surface area contributed by atoms with Crippen LogP contribution in [0, 0.1) is 0 Å². The van der Waals surface area contributed by atoms with Crippen LogP contribution in [0.2, 0.25) is 0 Å². The maximum Gasteiger partial charge on any atom is 0.0972 e. The Morgan fingerprint density at radius 3 is 2.05 bits per heavy atom. The highest BCUT2D eigenvalue weighted by Gasteiger charge is 2.16. The molecule has 0 radical (unpaired) electrons. The maximum absolute atomic E-state index is 5.34. The summed E-state index contributed by atoms with van der Waals surface area (Å²) in [4.78, 5) is 10.5. The van der Waals surface area contributed by atoms with Crippen LogP contribution in [-0.4, -0.2) is 9.97 Å². The number of aromatic nitrogens is 2. The Morgan fingerprint density at radius 1 is 0.415 bits per heavy atom. The van der Waals surface area contributed by atoms with E-state index < -0.39 is 0 Å². The fourth-order valence-corrected chi connectivity index (χ4v) is 7.39. The first kappa shape index (κ1) is 22.7. The third-order valence-corrected chi connectivity index (χ3v) is 9.35. The van der Waals surface area contributed by atoms with Crippen LogP contribution in [0.4, 0.5) is 0 Å². The molecule has 0 aliphatic rings. The normalized spacial score (nSPS) is 11.9. The van der Waals surface area contributed by atoms with Crippen molar-refractivity contribution in [2.45, 2.75) is 0 Å². The van der Waals surface area contributed by atoms with Crippen molar-refractivity contribution in [3.8, 4) is 22.5 Å². The van der Waals surface area contributed by atoms with Gasteiger partial charge in [0.25, 0.3) is 0 Å². The zero-order valence-electron chi connectivity index (χ0n) is 22.0. The SMILES string of the molecule is c1ccc2cc(-c3cc(-c4nc5cc6c(cc5c5ccccc45)sc4ccccc46)nc4ccccc34)ccc2c1. The molecular weight excluding hydrogens is 516 g/mol. The zero-order valence-corrected chi connectivity index (χ0v) is 22.8. The Kier molecular flexibility index (Phi) is 4.80. The number of nitrogens with zero attached hydrogens (tertiary/aromatic N) is 2. The van der Waals surface area contributed by atoms with Crippen LogP contribution in [0.5, 0.6) is 0 Å². The first-order chi connectivity index (χ1) is 20.3. The number of para-hydroxylation sites is 1. The number of hydrogen-bond donors (Lipinski definition) is 0. The molecule has 3 heteroatoms. The van der Waals surface area contributed by atoms with Crippen molar-refractivity contribution in [2.75, 3.05) is 0 Å². The number of benzene rings is 6. The molecule has 9 aromatic rings. The van der Waals surface area contributed by atoms with Crippen LogP contribution >= 0.6 is 11.3 Å². The lowest BCUT2D eigenvalue weighted by Crippen LogP contribution is -1.94. The van der Waals surface area contributed by atoms with Gasteiger partial charge >= 0.3 is 0 Å². The molecule has 0 spiro atoms. The number of rotatable bonds is 2. The van der Waals surface area contributed by atoms with Gasteiger partial charge < -0.3 is 0 Å². The minimum absolute atomic E-state index is 0.889. The molecule has 190 valence electrons. The van der Waals surface area contributed by atoms with E-state index in [-0.39, 0.29) is 0 Å². The zero-order chi connectivity index (χ0) is 26.9. The van der Waals surface area contributed by atoms with Crippen molar-refractivity contribution in [3.05, 3.63) is 133 Å². The second kappa shape index (κ2) is 8.69. The molecule has 0 saturated carbocycles. The largest absolute Gasteiger partial charge is 0.246 e. The smallest absolute Gasteiger partial charge is 0.0972 e. The topological polar surface area (TPSA) is 25.8 Å². The third kappa shape index (κ3) is 3.49. The van der Waals surface area contributed by atoms with Crippen LogP contribution in [0.15, 0.2) is 133 Å². The van der Waals surface area contributed by atoms with E-state index in [1.165, 1.54) is 52.8 Å². The van der Waals surface area contributed by atoms with E-state index in [1.807, 2.05) is 11.3 Å². The molecule has 0 atom stereocenters. The third-order valence-electron chi connectivity index (χ3n) is 8.22. The number of hydrogen-bond acceptors (Lipinski definition) is 3. The second-order valence-corrected chi connectivity index (χ2v) is 11.7. The molecule has 0 aliphatic heterocycles. The van der Waals surface area contributed by atoms with Gasteiger partial charge in [0.15, 0.2) is 0 Å². The van der Waals surface area contributed by atoms with Crippen LogP contribution < -0.4 is 0 Å². The molecular formula is C38H22N2S. The average molecular weight is 539 g/mol. The summed E-state index contributed by atoms with van der Waals surface area (Å²) in [5, 5.41) is 9.66.